The van der Waals surface area contributed by atoms with Crippen molar-refractivity contribution in [2.24, 2.45) is 0 Å². The van der Waals surface area contributed by atoms with Crippen LogP contribution in [0, 0.1) is 5.82 Å². The molecule has 0 amide bonds. The molecule has 4 N–H and O–H groups in total. The first-order valence-electron chi connectivity index (χ1n) is 9.04. The van der Waals surface area contributed by atoms with Gasteiger partial charge in [0.25, 0.3) is 0 Å². The van der Waals surface area contributed by atoms with E-state index in [1.165, 1.54) is 12.1 Å². The lowest BCUT2D eigenvalue weighted by Gasteiger charge is -2.40. The topological polar surface area (TPSA) is 90.2 Å². The Morgan fingerprint density at radius 3 is 2.50 bits per heavy atom. The Morgan fingerprint density at radius 1 is 0.964 bits per heavy atom. The lowest BCUT2D eigenvalue weighted by atomic mass is 9.90. The van der Waals surface area contributed by atoms with E-state index in [9.17, 15) is 24.8 Å². The number of aliphatic hydroxyl groups excluding tert-OH is 4. The van der Waals surface area contributed by atoms with Crippen LogP contribution in [0.3, 0.4) is 0 Å². The fourth-order valence-electron chi connectivity index (χ4n) is 3.60. The molecule has 1 aliphatic rings. The highest BCUT2D eigenvalue weighted by Crippen LogP contribution is 2.34. The van der Waals surface area contributed by atoms with Crippen LogP contribution >= 0.6 is 11.3 Å². The number of aliphatic hydroxyl groups is 4. The number of rotatable bonds is 4. The summed E-state index contributed by atoms with van der Waals surface area (Å²) in [5, 5.41) is 40.7. The fraction of sp³-hybridized carbons (Fsp3) is 0.333. The third-order valence-electron chi connectivity index (χ3n) is 5.13. The molecule has 1 fully saturated rings. The average Bonchev–Trinajstić information content (AvgIpc) is 3.11. The molecule has 28 heavy (non-hydrogen) atoms. The molecule has 3 aromatic rings. The summed E-state index contributed by atoms with van der Waals surface area (Å²) in [4.78, 5) is 1.01. The van der Waals surface area contributed by atoms with Crippen molar-refractivity contribution < 1.29 is 29.6 Å². The molecule has 1 saturated heterocycles. The normalized spacial score (nSPS) is 28.0. The monoisotopic (exact) mass is 404 g/mol. The van der Waals surface area contributed by atoms with Crippen molar-refractivity contribution in [3.63, 3.8) is 0 Å². The lowest BCUT2D eigenvalue weighted by Crippen LogP contribution is -2.55. The van der Waals surface area contributed by atoms with Crippen LogP contribution in [-0.4, -0.2) is 51.4 Å². The Morgan fingerprint density at radius 2 is 1.75 bits per heavy atom. The summed E-state index contributed by atoms with van der Waals surface area (Å²) in [5.41, 5.74) is 0.926. The van der Waals surface area contributed by atoms with Gasteiger partial charge in [-0.05, 0) is 40.8 Å². The number of hydrogen-bond donors (Lipinski definition) is 4. The van der Waals surface area contributed by atoms with Gasteiger partial charge in [0.2, 0.25) is 0 Å². The predicted molar refractivity (Wildman–Crippen MR) is 104 cm³/mol. The Balaban J connectivity index is 1.63. The number of halogens is 1. The molecule has 1 aliphatic heterocycles. The van der Waals surface area contributed by atoms with Crippen molar-refractivity contribution in [2.75, 3.05) is 6.61 Å². The molecule has 1 aromatic heterocycles. The second-order valence-corrected chi connectivity index (χ2v) is 8.20. The Hall–Kier alpha value is -1.87. The fourth-order valence-corrected chi connectivity index (χ4v) is 4.68. The van der Waals surface area contributed by atoms with Gasteiger partial charge in [-0.25, -0.2) is 4.39 Å². The maximum absolute atomic E-state index is 14.4. The average molecular weight is 404 g/mol. The van der Waals surface area contributed by atoms with Gasteiger partial charge >= 0.3 is 0 Å². The van der Waals surface area contributed by atoms with Crippen molar-refractivity contribution in [2.45, 2.75) is 36.9 Å². The predicted octanol–water partition coefficient (Wildman–Crippen LogP) is 2.15. The molecule has 0 saturated carbocycles. The highest BCUT2D eigenvalue weighted by atomic mass is 32.1. The van der Waals surface area contributed by atoms with Gasteiger partial charge in [-0.15, -0.1) is 11.3 Å². The summed E-state index contributed by atoms with van der Waals surface area (Å²) in [6.07, 6.45) is -5.87. The molecule has 7 heteroatoms. The molecular formula is C21H21FO5S. The van der Waals surface area contributed by atoms with Gasteiger partial charge in [-0.3, -0.25) is 0 Å². The summed E-state index contributed by atoms with van der Waals surface area (Å²) < 4.78 is 21.1. The second kappa shape index (κ2) is 7.87. The van der Waals surface area contributed by atoms with Crippen LogP contribution in [0.5, 0.6) is 0 Å². The highest BCUT2D eigenvalue weighted by molar-refractivity contribution is 7.19. The van der Waals surface area contributed by atoms with Crippen LogP contribution in [0.2, 0.25) is 0 Å². The van der Waals surface area contributed by atoms with Crippen molar-refractivity contribution in [3.05, 3.63) is 70.4 Å². The highest BCUT2D eigenvalue weighted by Gasteiger charge is 2.44. The van der Waals surface area contributed by atoms with Gasteiger partial charge in [0.15, 0.2) is 0 Å². The van der Waals surface area contributed by atoms with Gasteiger partial charge in [0.05, 0.1) is 6.61 Å². The molecule has 2 heterocycles. The van der Waals surface area contributed by atoms with Crippen LogP contribution in [0.15, 0.2) is 48.5 Å². The van der Waals surface area contributed by atoms with E-state index in [4.69, 9.17) is 4.74 Å². The van der Waals surface area contributed by atoms with Gasteiger partial charge in [-0.2, -0.15) is 0 Å². The Labute approximate surface area is 165 Å². The second-order valence-electron chi connectivity index (χ2n) is 7.03. The van der Waals surface area contributed by atoms with Crippen molar-refractivity contribution >= 4 is 21.4 Å². The van der Waals surface area contributed by atoms with Crippen LogP contribution in [0.4, 0.5) is 4.39 Å². The van der Waals surface area contributed by atoms with Crippen LogP contribution in [0.1, 0.15) is 22.1 Å². The first-order valence-corrected chi connectivity index (χ1v) is 9.86. The maximum Gasteiger partial charge on any atom is 0.126 e. The van der Waals surface area contributed by atoms with E-state index in [0.717, 1.165) is 15.0 Å². The SMILES string of the molecule is OCC1O[C@@H](c2ccc(F)c(Cc3cc4ccccc4s3)c2)C(O)[C@H](O)[C@@H]1O. The van der Waals surface area contributed by atoms with Crippen molar-refractivity contribution in [3.8, 4) is 0 Å². The largest absolute Gasteiger partial charge is 0.394 e. The van der Waals surface area contributed by atoms with Gasteiger partial charge < -0.3 is 25.2 Å². The number of hydrogen-bond acceptors (Lipinski definition) is 6. The van der Waals surface area contributed by atoms with Gasteiger partial charge in [-0.1, -0.05) is 24.3 Å². The van der Waals surface area contributed by atoms with Gasteiger partial charge in [0, 0.05) is 16.0 Å². The first kappa shape index (κ1) is 19.4. The number of fused-ring (bicyclic) bond motifs is 1. The quantitative estimate of drug-likeness (QED) is 0.535. The number of ether oxygens (including phenoxy) is 1. The van der Waals surface area contributed by atoms with Crippen LogP contribution in [-0.2, 0) is 11.2 Å². The molecular weight excluding hydrogens is 383 g/mol. The Kier molecular flexibility index (Phi) is 5.46. The zero-order valence-corrected chi connectivity index (χ0v) is 15.7. The third-order valence-corrected chi connectivity index (χ3v) is 6.25. The molecule has 0 spiro atoms. The van der Waals surface area contributed by atoms with E-state index in [0.29, 0.717) is 17.5 Å². The molecule has 2 aromatic carbocycles. The molecule has 0 bridgehead atoms. The summed E-state index contributed by atoms with van der Waals surface area (Å²) in [5.74, 6) is -0.370. The van der Waals surface area contributed by atoms with E-state index < -0.39 is 37.1 Å². The zero-order chi connectivity index (χ0) is 19.8. The standard InChI is InChI=1S/C21H21FO5S/c22-15-6-5-12(21-20(26)19(25)18(24)16(10-23)27-21)7-13(15)9-14-8-11-3-1-2-4-17(11)28-14/h1-8,16,18-21,23-26H,9-10H2/t16?,18-,19-,20?,21+/m1/s1. The molecule has 2 unspecified atom stereocenters. The van der Waals surface area contributed by atoms with E-state index in [1.54, 1.807) is 17.4 Å². The van der Waals surface area contributed by atoms with Gasteiger partial charge in [0.1, 0.15) is 36.3 Å². The molecule has 5 nitrogen and oxygen atoms in total. The molecule has 4 rings (SSSR count). The van der Waals surface area contributed by atoms with E-state index in [-0.39, 0.29) is 5.82 Å². The molecule has 148 valence electrons. The minimum absolute atomic E-state index is 0.370. The third kappa shape index (κ3) is 3.57. The summed E-state index contributed by atoms with van der Waals surface area (Å²) >= 11 is 1.59. The summed E-state index contributed by atoms with van der Waals surface area (Å²) in [6, 6.07) is 14.4. The molecule has 5 atom stereocenters. The van der Waals surface area contributed by atoms with Crippen molar-refractivity contribution in [1.29, 1.82) is 0 Å². The minimum Gasteiger partial charge on any atom is -0.394 e. The molecule has 0 aliphatic carbocycles. The first-order chi connectivity index (χ1) is 13.5. The van der Waals surface area contributed by atoms with E-state index in [2.05, 4.69) is 0 Å². The van der Waals surface area contributed by atoms with Crippen LogP contribution < -0.4 is 0 Å². The van der Waals surface area contributed by atoms with Crippen molar-refractivity contribution in [1.82, 2.24) is 0 Å². The Bertz CT molecular complexity index is 939. The molecule has 0 radical (unpaired) electrons. The smallest absolute Gasteiger partial charge is 0.126 e. The van der Waals surface area contributed by atoms with E-state index in [1.807, 2.05) is 30.3 Å². The zero-order valence-electron chi connectivity index (χ0n) is 14.9. The van der Waals surface area contributed by atoms with E-state index >= 15 is 0 Å². The number of benzene rings is 2. The number of thiophene rings is 1. The minimum atomic E-state index is -1.47. The maximum atomic E-state index is 14.4. The van der Waals surface area contributed by atoms with Crippen LogP contribution in [0.25, 0.3) is 10.1 Å². The lowest BCUT2D eigenvalue weighted by molar-refractivity contribution is -0.231. The summed E-state index contributed by atoms with van der Waals surface area (Å²) in [6.45, 7) is -0.503. The summed E-state index contributed by atoms with van der Waals surface area (Å²) in [7, 11) is 0.